The number of hydrogen-bond donors (Lipinski definition) is 1. The summed E-state index contributed by atoms with van der Waals surface area (Å²) < 4.78 is 10.8. The zero-order valence-corrected chi connectivity index (χ0v) is 12.2. The molecule has 1 aromatic heterocycles. The zero-order chi connectivity index (χ0) is 14.0. The fraction of sp³-hybridized carbons (Fsp3) is 0.714. The number of nitrogens with one attached hydrogen (secondary N) is 1. The van der Waals surface area contributed by atoms with Crippen molar-refractivity contribution in [3.63, 3.8) is 0 Å². The Bertz CT molecular complexity index is 383. The van der Waals surface area contributed by atoms with Crippen molar-refractivity contribution < 1.29 is 9.47 Å². The molecule has 0 spiro atoms. The highest BCUT2D eigenvalue weighted by Crippen LogP contribution is 2.08. The normalized spacial score (nSPS) is 16.1. The van der Waals surface area contributed by atoms with Gasteiger partial charge in [0.25, 0.3) is 0 Å². The monoisotopic (exact) mass is 280 g/mol. The van der Waals surface area contributed by atoms with Gasteiger partial charge in [-0.2, -0.15) is 4.98 Å². The van der Waals surface area contributed by atoms with Crippen LogP contribution in [0.3, 0.4) is 0 Å². The maximum absolute atomic E-state index is 5.48. The smallest absolute Gasteiger partial charge is 0.225 e. The van der Waals surface area contributed by atoms with E-state index in [1.54, 1.807) is 12.3 Å². The third-order valence-electron chi connectivity index (χ3n) is 3.12. The van der Waals surface area contributed by atoms with Crippen LogP contribution in [0.2, 0.25) is 0 Å². The molecular weight excluding hydrogens is 256 g/mol. The Morgan fingerprint density at radius 2 is 2.25 bits per heavy atom. The van der Waals surface area contributed by atoms with Crippen LogP contribution in [0.5, 0.6) is 5.88 Å². The lowest BCUT2D eigenvalue weighted by Crippen LogP contribution is -2.37. The second-order valence-corrected chi connectivity index (χ2v) is 4.80. The number of aromatic nitrogens is 2. The SMILES string of the molecule is CCCOc1ccnc(NCCCN2CCOCC2)n1. The van der Waals surface area contributed by atoms with E-state index in [0.717, 1.165) is 52.2 Å². The van der Waals surface area contributed by atoms with E-state index in [-0.39, 0.29) is 0 Å². The Kier molecular flexibility index (Phi) is 6.53. The molecule has 0 radical (unpaired) electrons. The Morgan fingerprint density at radius 1 is 1.40 bits per heavy atom. The summed E-state index contributed by atoms with van der Waals surface area (Å²) in [6.45, 7) is 8.50. The molecule has 0 aromatic carbocycles. The molecule has 1 aliphatic heterocycles. The van der Waals surface area contributed by atoms with Gasteiger partial charge >= 0.3 is 0 Å². The minimum absolute atomic E-state index is 0.637. The largest absolute Gasteiger partial charge is 0.478 e. The van der Waals surface area contributed by atoms with E-state index in [2.05, 4.69) is 27.1 Å². The minimum atomic E-state index is 0.637. The van der Waals surface area contributed by atoms with Crippen molar-refractivity contribution in [1.29, 1.82) is 0 Å². The molecule has 0 bridgehead atoms. The van der Waals surface area contributed by atoms with Crippen molar-refractivity contribution in [3.05, 3.63) is 12.3 Å². The molecule has 1 aromatic rings. The first-order valence-electron chi connectivity index (χ1n) is 7.38. The predicted octanol–water partition coefficient (Wildman–Crippen LogP) is 1.40. The summed E-state index contributed by atoms with van der Waals surface area (Å²) in [6.07, 6.45) is 3.78. The zero-order valence-electron chi connectivity index (χ0n) is 12.2. The molecule has 1 fully saturated rings. The van der Waals surface area contributed by atoms with E-state index in [4.69, 9.17) is 9.47 Å². The third kappa shape index (κ3) is 5.30. The molecule has 0 amide bonds. The number of ether oxygens (including phenoxy) is 2. The molecule has 2 rings (SSSR count). The quantitative estimate of drug-likeness (QED) is 0.726. The second-order valence-electron chi connectivity index (χ2n) is 4.80. The van der Waals surface area contributed by atoms with Gasteiger partial charge in [-0.05, 0) is 19.4 Å². The Morgan fingerprint density at radius 3 is 3.05 bits per heavy atom. The van der Waals surface area contributed by atoms with Gasteiger partial charge in [0, 0.05) is 31.9 Å². The lowest BCUT2D eigenvalue weighted by Gasteiger charge is -2.26. The molecule has 2 heterocycles. The molecular formula is C14H24N4O2. The minimum Gasteiger partial charge on any atom is -0.478 e. The Hall–Kier alpha value is -1.40. The average Bonchev–Trinajstić information content (AvgIpc) is 2.51. The van der Waals surface area contributed by atoms with E-state index in [9.17, 15) is 0 Å². The summed E-state index contributed by atoms with van der Waals surface area (Å²) >= 11 is 0. The summed E-state index contributed by atoms with van der Waals surface area (Å²) in [7, 11) is 0. The molecule has 0 atom stereocenters. The number of hydrogen-bond acceptors (Lipinski definition) is 6. The van der Waals surface area contributed by atoms with E-state index in [0.29, 0.717) is 18.4 Å². The van der Waals surface area contributed by atoms with Crippen molar-refractivity contribution in [1.82, 2.24) is 14.9 Å². The van der Waals surface area contributed by atoms with Crippen LogP contribution in [0.15, 0.2) is 12.3 Å². The van der Waals surface area contributed by atoms with Gasteiger partial charge in [-0.25, -0.2) is 4.98 Å². The summed E-state index contributed by atoms with van der Waals surface area (Å²) in [6, 6.07) is 1.79. The highest BCUT2D eigenvalue weighted by Gasteiger charge is 2.09. The molecule has 6 nitrogen and oxygen atoms in total. The van der Waals surface area contributed by atoms with Crippen molar-refractivity contribution in [3.8, 4) is 5.88 Å². The Labute approximate surface area is 120 Å². The fourth-order valence-electron chi connectivity index (χ4n) is 2.04. The van der Waals surface area contributed by atoms with Gasteiger partial charge in [-0.3, -0.25) is 4.90 Å². The molecule has 1 N–H and O–H groups in total. The summed E-state index contributed by atoms with van der Waals surface area (Å²) in [4.78, 5) is 10.9. The van der Waals surface area contributed by atoms with Gasteiger partial charge in [0.2, 0.25) is 11.8 Å². The molecule has 112 valence electrons. The maximum Gasteiger partial charge on any atom is 0.225 e. The lowest BCUT2D eigenvalue weighted by atomic mass is 10.3. The van der Waals surface area contributed by atoms with Crippen LogP contribution in [0, 0.1) is 0 Å². The van der Waals surface area contributed by atoms with Crippen LogP contribution in [0.1, 0.15) is 19.8 Å². The first-order chi connectivity index (χ1) is 9.88. The van der Waals surface area contributed by atoms with Gasteiger partial charge in [0.15, 0.2) is 0 Å². The van der Waals surface area contributed by atoms with Crippen molar-refractivity contribution >= 4 is 5.95 Å². The van der Waals surface area contributed by atoms with Crippen LogP contribution in [-0.4, -0.2) is 60.9 Å². The molecule has 0 unspecified atom stereocenters. The van der Waals surface area contributed by atoms with E-state index >= 15 is 0 Å². The Balaban J connectivity index is 1.65. The topological polar surface area (TPSA) is 59.5 Å². The van der Waals surface area contributed by atoms with Gasteiger partial charge in [-0.15, -0.1) is 0 Å². The molecule has 0 aliphatic carbocycles. The number of anilines is 1. The molecule has 6 heteroatoms. The van der Waals surface area contributed by atoms with Crippen LogP contribution in [0.4, 0.5) is 5.95 Å². The van der Waals surface area contributed by atoms with Crippen LogP contribution >= 0.6 is 0 Å². The summed E-state index contributed by atoms with van der Waals surface area (Å²) in [5, 5.41) is 3.24. The van der Waals surface area contributed by atoms with Crippen molar-refractivity contribution in [2.75, 3.05) is 51.3 Å². The highest BCUT2D eigenvalue weighted by molar-refractivity contribution is 5.27. The van der Waals surface area contributed by atoms with Crippen molar-refractivity contribution in [2.24, 2.45) is 0 Å². The van der Waals surface area contributed by atoms with E-state index in [1.807, 2.05) is 0 Å². The fourth-order valence-corrected chi connectivity index (χ4v) is 2.04. The van der Waals surface area contributed by atoms with Gasteiger partial charge in [0.1, 0.15) is 0 Å². The molecule has 0 saturated carbocycles. The number of rotatable bonds is 8. The van der Waals surface area contributed by atoms with Gasteiger partial charge in [0.05, 0.1) is 19.8 Å². The molecule has 20 heavy (non-hydrogen) atoms. The summed E-state index contributed by atoms with van der Waals surface area (Å²) in [5.74, 6) is 1.28. The second kappa shape index (κ2) is 8.71. The van der Waals surface area contributed by atoms with E-state index in [1.165, 1.54) is 0 Å². The first-order valence-corrected chi connectivity index (χ1v) is 7.38. The van der Waals surface area contributed by atoms with Gasteiger partial charge < -0.3 is 14.8 Å². The maximum atomic E-state index is 5.48. The predicted molar refractivity (Wildman–Crippen MR) is 78.2 cm³/mol. The average molecular weight is 280 g/mol. The summed E-state index contributed by atoms with van der Waals surface area (Å²) in [5.41, 5.74) is 0. The van der Waals surface area contributed by atoms with Crippen LogP contribution in [-0.2, 0) is 4.74 Å². The first kappa shape index (κ1) is 15.0. The lowest BCUT2D eigenvalue weighted by molar-refractivity contribution is 0.0378. The number of morpholine rings is 1. The van der Waals surface area contributed by atoms with Crippen LogP contribution < -0.4 is 10.1 Å². The molecule has 1 saturated heterocycles. The standard InChI is InChI=1S/C14H24N4O2/c1-2-10-20-13-4-6-16-14(17-13)15-5-3-7-18-8-11-19-12-9-18/h4,6H,2-3,5,7-12H2,1H3,(H,15,16,17). The molecule has 1 aliphatic rings. The van der Waals surface area contributed by atoms with Crippen LogP contribution in [0.25, 0.3) is 0 Å². The highest BCUT2D eigenvalue weighted by atomic mass is 16.5. The number of nitrogens with zero attached hydrogens (tertiary/aromatic N) is 3. The third-order valence-corrected chi connectivity index (χ3v) is 3.12. The van der Waals surface area contributed by atoms with E-state index < -0.39 is 0 Å². The van der Waals surface area contributed by atoms with Gasteiger partial charge in [-0.1, -0.05) is 6.92 Å². The van der Waals surface area contributed by atoms with Crippen molar-refractivity contribution in [2.45, 2.75) is 19.8 Å².